The molecule has 6 nitrogen and oxygen atoms in total. The summed E-state index contributed by atoms with van der Waals surface area (Å²) in [5.41, 5.74) is 1.04. The van der Waals surface area contributed by atoms with E-state index in [0.717, 1.165) is 0 Å². The molecule has 2 N–H and O–H groups in total. The van der Waals surface area contributed by atoms with E-state index in [0.29, 0.717) is 11.3 Å². The summed E-state index contributed by atoms with van der Waals surface area (Å²) in [4.78, 5) is 21.4. The van der Waals surface area contributed by atoms with Gasteiger partial charge in [0.25, 0.3) is 5.69 Å². The summed E-state index contributed by atoms with van der Waals surface area (Å²) in [7, 11) is 0. The lowest BCUT2D eigenvalue weighted by atomic mass is 10.1. The third-order valence-corrected chi connectivity index (χ3v) is 2.77. The molecule has 0 amide bonds. The first-order valence-electron chi connectivity index (χ1n) is 5.86. The van der Waals surface area contributed by atoms with Crippen molar-refractivity contribution >= 4 is 17.3 Å². The zero-order chi connectivity index (χ0) is 14.5. The quantitative estimate of drug-likeness (QED) is 0.645. The van der Waals surface area contributed by atoms with E-state index in [1.54, 1.807) is 24.3 Å². The van der Waals surface area contributed by atoms with Crippen molar-refractivity contribution in [3.8, 4) is 0 Å². The van der Waals surface area contributed by atoms with E-state index < -0.39 is 16.9 Å². The van der Waals surface area contributed by atoms with Crippen LogP contribution in [-0.2, 0) is 4.79 Å². The average molecular weight is 272 g/mol. The van der Waals surface area contributed by atoms with Gasteiger partial charge in [0.05, 0.1) is 4.92 Å². The fraction of sp³-hybridized carbons (Fsp3) is 0.0714. The van der Waals surface area contributed by atoms with Gasteiger partial charge in [-0.3, -0.25) is 10.1 Å². The van der Waals surface area contributed by atoms with Crippen LogP contribution in [0.2, 0.25) is 0 Å². The minimum absolute atomic E-state index is 0.0717. The van der Waals surface area contributed by atoms with Crippen molar-refractivity contribution < 1.29 is 14.8 Å². The first kappa shape index (κ1) is 13.5. The van der Waals surface area contributed by atoms with E-state index in [-0.39, 0.29) is 5.69 Å². The molecule has 2 aromatic rings. The molecule has 0 saturated carbocycles. The molecule has 0 aliphatic rings. The highest BCUT2D eigenvalue weighted by Gasteiger charge is 2.20. The van der Waals surface area contributed by atoms with E-state index in [9.17, 15) is 20.0 Å². The molecule has 1 atom stereocenters. The molecule has 0 heterocycles. The molecular formula is C14H12N2O4. The highest BCUT2D eigenvalue weighted by atomic mass is 16.6. The van der Waals surface area contributed by atoms with E-state index in [4.69, 9.17) is 0 Å². The Morgan fingerprint density at radius 2 is 1.70 bits per heavy atom. The first-order valence-corrected chi connectivity index (χ1v) is 5.86. The Labute approximate surface area is 114 Å². The lowest BCUT2D eigenvalue weighted by Crippen LogP contribution is -2.20. The second-order valence-corrected chi connectivity index (χ2v) is 4.13. The van der Waals surface area contributed by atoms with Crippen LogP contribution >= 0.6 is 0 Å². The number of rotatable bonds is 5. The highest BCUT2D eigenvalue weighted by molar-refractivity contribution is 5.79. The van der Waals surface area contributed by atoms with Gasteiger partial charge >= 0.3 is 5.97 Å². The third-order valence-electron chi connectivity index (χ3n) is 2.77. The molecule has 0 aliphatic carbocycles. The largest absolute Gasteiger partial charge is 0.479 e. The second-order valence-electron chi connectivity index (χ2n) is 4.13. The van der Waals surface area contributed by atoms with Gasteiger partial charge in [-0.2, -0.15) is 0 Å². The van der Waals surface area contributed by atoms with E-state index in [1.165, 1.54) is 24.3 Å². The van der Waals surface area contributed by atoms with Crippen molar-refractivity contribution in [1.82, 2.24) is 0 Å². The maximum Gasteiger partial charge on any atom is 0.330 e. The standard InChI is InChI=1S/C14H12N2O4/c17-14(18)13(15-11-4-2-1-3-5-11)10-6-8-12(9-7-10)16(19)20/h1-9,13,15H,(H,17,18)/t13-/m0/s1. The molecule has 102 valence electrons. The molecule has 0 unspecified atom stereocenters. The van der Waals surface area contributed by atoms with Crippen molar-refractivity contribution in [1.29, 1.82) is 0 Å². The number of aliphatic carboxylic acids is 1. The van der Waals surface area contributed by atoms with E-state index in [1.807, 2.05) is 6.07 Å². The number of nitrogens with zero attached hydrogens (tertiary/aromatic N) is 1. The fourth-order valence-electron chi connectivity index (χ4n) is 1.78. The molecule has 0 radical (unpaired) electrons. The topological polar surface area (TPSA) is 92.5 Å². The van der Waals surface area contributed by atoms with Crippen LogP contribution in [0.3, 0.4) is 0 Å². The minimum atomic E-state index is -1.05. The third kappa shape index (κ3) is 3.11. The number of carboxylic acids is 1. The maximum absolute atomic E-state index is 11.3. The highest BCUT2D eigenvalue weighted by Crippen LogP contribution is 2.22. The van der Waals surface area contributed by atoms with Gasteiger partial charge in [0.15, 0.2) is 6.04 Å². The summed E-state index contributed by atoms with van der Waals surface area (Å²) in [5, 5.41) is 22.7. The SMILES string of the molecule is O=C(O)[C@@H](Nc1ccccc1)c1ccc([N+](=O)[O-])cc1. The van der Waals surface area contributed by atoms with Crippen LogP contribution in [0.15, 0.2) is 54.6 Å². The second kappa shape index (κ2) is 5.83. The number of nitrogens with one attached hydrogen (secondary N) is 1. The number of hydrogen-bond acceptors (Lipinski definition) is 4. The number of nitro groups is 1. The fourth-order valence-corrected chi connectivity index (χ4v) is 1.78. The summed E-state index contributed by atoms with van der Waals surface area (Å²) in [6.07, 6.45) is 0. The predicted octanol–water partition coefficient (Wildman–Crippen LogP) is 2.83. The van der Waals surface area contributed by atoms with Gasteiger partial charge in [0.2, 0.25) is 0 Å². The van der Waals surface area contributed by atoms with Crippen LogP contribution in [0.1, 0.15) is 11.6 Å². The Kier molecular flexibility index (Phi) is 3.95. The zero-order valence-corrected chi connectivity index (χ0v) is 10.4. The number of anilines is 1. The smallest absolute Gasteiger partial charge is 0.330 e. The lowest BCUT2D eigenvalue weighted by molar-refractivity contribution is -0.384. The molecule has 0 aromatic heterocycles. The summed E-state index contributed by atoms with van der Waals surface area (Å²) < 4.78 is 0. The van der Waals surface area contributed by atoms with Crippen molar-refractivity contribution in [3.63, 3.8) is 0 Å². The van der Waals surface area contributed by atoms with Crippen molar-refractivity contribution in [2.75, 3.05) is 5.32 Å². The molecule has 0 spiro atoms. The number of carbonyl (C=O) groups is 1. The van der Waals surface area contributed by atoms with Crippen LogP contribution in [0.25, 0.3) is 0 Å². The lowest BCUT2D eigenvalue weighted by Gasteiger charge is -2.15. The average Bonchev–Trinajstić information content (AvgIpc) is 2.45. The molecule has 2 rings (SSSR count). The Morgan fingerprint density at radius 3 is 2.20 bits per heavy atom. The van der Waals surface area contributed by atoms with Crippen molar-refractivity contribution in [2.24, 2.45) is 0 Å². The maximum atomic E-state index is 11.3. The molecule has 0 fully saturated rings. The summed E-state index contributed by atoms with van der Waals surface area (Å²) in [6, 6.07) is 13.4. The summed E-state index contributed by atoms with van der Waals surface area (Å²) in [5.74, 6) is -1.05. The van der Waals surface area contributed by atoms with E-state index in [2.05, 4.69) is 5.32 Å². The number of hydrogen-bond donors (Lipinski definition) is 2. The predicted molar refractivity (Wildman–Crippen MR) is 73.5 cm³/mol. The number of benzene rings is 2. The van der Waals surface area contributed by atoms with E-state index >= 15 is 0 Å². The van der Waals surface area contributed by atoms with Crippen molar-refractivity contribution in [2.45, 2.75) is 6.04 Å². The molecule has 2 aromatic carbocycles. The number of nitro benzene ring substituents is 1. The zero-order valence-electron chi connectivity index (χ0n) is 10.4. The van der Waals surface area contributed by atoms with Crippen LogP contribution in [0.4, 0.5) is 11.4 Å². The molecular weight excluding hydrogens is 260 g/mol. The normalized spacial score (nSPS) is 11.6. The van der Waals surface area contributed by atoms with Crippen LogP contribution in [0.5, 0.6) is 0 Å². The van der Waals surface area contributed by atoms with Gasteiger partial charge in [0, 0.05) is 17.8 Å². The molecule has 0 aliphatic heterocycles. The number of para-hydroxylation sites is 1. The van der Waals surface area contributed by atoms with Gasteiger partial charge in [-0.1, -0.05) is 18.2 Å². The molecule has 20 heavy (non-hydrogen) atoms. The minimum Gasteiger partial charge on any atom is -0.479 e. The Morgan fingerprint density at radius 1 is 1.10 bits per heavy atom. The van der Waals surface area contributed by atoms with Crippen LogP contribution in [0, 0.1) is 10.1 Å². The van der Waals surface area contributed by atoms with Gasteiger partial charge in [-0.05, 0) is 29.8 Å². The summed E-state index contributed by atoms with van der Waals surface area (Å²) >= 11 is 0. The molecule has 6 heteroatoms. The van der Waals surface area contributed by atoms with Gasteiger partial charge in [-0.15, -0.1) is 0 Å². The van der Waals surface area contributed by atoms with Gasteiger partial charge in [0.1, 0.15) is 0 Å². The number of non-ortho nitro benzene ring substituents is 1. The van der Waals surface area contributed by atoms with Gasteiger partial charge in [-0.25, -0.2) is 4.79 Å². The Bertz CT molecular complexity index is 611. The van der Waals surface area contributed by atoms with Crippen LogP contribution in [-0.4, -0.2) is 16.0 Å². The van der Waals surface area contributed by atoms with Crippen molar-refractivity contribution in [3.05, 3.63) is 70.3 Å². The molecule has 0 saturated heterocycles. The van der Waals surface area contributed by atoms with Gasteiger partial charge < -0.3 is 10.4 Å². The Hall–Kier alpha value is -2.89. The Balaban J connectivity index is 2.25. The molecule has 0 bridgehead atoms. The van der Waals surface area contributed by atoms with Crippen LogP contribution < -0.4 is 5.32 Å². The monoisotopic (exact) mass is 272 g/mol. The first-order chi connectivity index (χ1) is 9.58. The number of carboxylic acid groups (broad SMARTS) is 1. The summed E-state index contributed by atoms with van der Waals surface area (Å²) in [6.45, 7) is 0.